The largest absolute Gasteiger partial charge is 0.338 e. The first kappa shape index (κ1) is 16.6. The molecule has 6 heteroatoms. The van der Waals surface area contributed by atoms with Crippen molar-refractivity contribution in [2.24, 2.45) is 5.92 Å². The van der Waals surface area contributed by atoms with Gasteiger partial charge in [0.15, 0.2) is 0 Å². The van der Waals surface area contributed by atoms with E-state index < -0.39 is 0 Å². The molecular weight excluding hydrogens is 354 g/mol. The second-order valence-electron chi connectivity index (χ2n) is 6.78. The molecule has 0 bridgehead atoms. The summed E-state index contributed by atoms with van der Waals surface area (Å²) < 4.78 is 1.90. The number of aryl methyl sites for hydroxylation is 1. The van der Waals surface area contributed by atoms with E-state index in [0.717, 1.165) is 52.4 Å². The first-order valence-electron chi connectivity index (χ1n) is 8.57. The molecule has 4 nitrogen and oxygen atoms in total. The molecule has 3 aromatic rings. The predicted octanol–water partition coefficient (Wildman–Crippen LogP) is 4.92. The van der Waals surface area contributed by atoms with Crippen molar-refractivity contribution in [2.45, 2.75) is 26.7 Å². The smallest absolute Gasteiger partial charge is 0.264 e. The third-order valence-electron chi connectivity index (χ3n) is 4.90. The van der Waals surface area contributed by atoms with E-state index in [2.05, 4.69) is 12.0 Å². The summed E-state index contributed by atoms with van der Waals surface area (Å²) in [7, 11) is 0. The van der Waals surface area contributed by atoms with E-state index in [1.54, 1.807) is 0 Å². The maximum Gasteiger partial charge on any atom is 0.264 e. The lowest BCUT2D eigenvalue weighted by atomic mass is 9.99. The zero-order valence-electron chi connectivity index (χ0n) is 14.3. The van der Waals surface area contributed by atoms with Crippen molar-refractivity contribution in [3.8, 4) is 5.69 Å². The second-order valence-corrected chi connectivity index (χ2v) is 8.24. The quantitative estimate of drug-likeness (QED) is 0.639. The zero-order valence-corrected chi connectivity index (χ0v) is 15.9. The van der Waals surface area contributed by atoms with Crippen LogP contribution in [-0.4, -0.2) is 33.7 Å². The molecule has 0 N–H and O–H groups in total. The predicted molar refractivity (Wildman–Crippen MR) is 103 cm³/mol. The number of hydrogen-bond donors (Lipinski definition) is 0. The second kappa shape index (κ2) is 6.46. The Kier molecular flexibility index (Phi) is 4.29. The Morgan fingerprint density at radius 3 is 2.60 bits per heavy atom. The third kappa shape index (κ3) is 3.07. The van der Waals surface area contributed by atoms with E-state index in [9.17, 15) is 4.79 Å². The lowest BCUT2D eigenvalue weighted by Gasteiger charge is -2.29. The van der Waals surface area contributed by atoms with E-state index in [1.165, 1.54) is 11.3 Å². The number of piperidine rings is 1. The highest BCUT2D eigenvalue weighted by molar-refractivity contribution is 7.20. The summed E-state index contributed by atoms with van der Waals surface area (Å²) >= 11 is 7.51. The molecule has 1 aliphatic heterocycles. The summed E-state index contributed by atoms with van der Waals surface area (Å²) in [4.78, 5) is 16.7. The van der Waals surface area contributed by atoms with E-state index in [4.69, 9.17) is 11.6 Å². The van der Waals surface area contributed by atoms with Crippen molar-refractivity contribution >= 4 is 39.1 Å². The van der Waals surface area contributed by atoms with Crippen LogP contribution in [-0.2, 0) is 0 Å². The third-order valence-corrected chi connectivity index (χ3v) is 6.25. The molecule has 25 heavy (non-hydrogen) atoms. The van der Waals surface area contributed by atoms with Gasteiger partial charge in [-0.25, -0.2) is 4.68 Å². The van der Waals surface area contributed by atoms with Crippen LogP contribution in [0, 0.1) is 12.8 Å². The van der Waals surface area contributed by atoms with Gasteiger partial charge in [-0.2, -0.15) is 5.10 Å². The molecule has 4 rings (SSSR count). The molecular formula is C19H20ClN3OS. The number of nitrogens with zero attached hydrogens (tertiary/aromatic N) is 3. The van der Waals surface area contributed by atoms with Crippen LogP contribution < -0.4 is 0 Å². The first-order chi connectivity index (χ1) is 12.0. The number of thiophene rings is 1. The summed E-state index contributed by atoms with van der Waals surface area (Å²) in [5.41, 5.74) is 1.89. The summed E-state index contributed by atoms with van der Waals surface area (Å²) in [6.45, 7) is 5.96. The van der Waals surface area contributed by atoms with E-state index in [-0.39, 0.29) is 5.91 Å². The Morgan fingerprint density at radius 2 is 1.92 bits per heavy atom. The average Bonchev–Trinajstić information content (AvgIpc) is 3.17. The number of benzene rings is 1. The van der Waals surface area contributed by atoms with Crippen LogP contribution in [0.15, 0.2) is 30.3 Å². The van der Waals surface area contributed by atoms with Crippen molar-refractivity contribution in [1.29, 1.82) is 0 Å². The molecule has 130 valence electrons. The minimum atomic E-state index is 0.148. The maximum atomic E-state index is 12.9. The standard InChI is InChI=1S/C19H20ClN3OS/c1-12-7-9-22(10-8-12)18(24)17-11-16-13(2)21-23(19(16)25-17)15-5-3-14(20)4-6-15/h3-6,11-12H,7-10H2,1-2H3. The molecule has 3 heterocycles. The molecule has 1 amide bonds. The van der Waals surface area contributed by atoms with Crippen LogP contribution in [0.5, 0.6) is 0 Å². The topological polar surface area (TPSA) is 38.1 Å². The Labute approximate surface area is 156 Å². The SMILES string of the molecule is Cc1nn(-c2ccc(Cl)cc2)c2sc(C(=O)N3CCC(C)CC3)cc12. The Hall–Kier alpha value is -1.85. The van der Waals surface area contributed by atoms with Crippen molar-refractivity contribution in [2.75, 3.05) is 13.1 Å². The lowest BCUT2D eigenvalue weighted by Crippen LogP contribution is -2.37. The lowest BCUT2D eigenvalue weighted by molar-refractivity contribution is 0.0702. The van der Waals surface area contributed by atoms with Gasteiger partial charge in [-0.05, 0) is 56.0 Å². The van der Waals surface area contributed by atoms with Crippen LogP contribution in [0.1, 0.15) is 35.1 Å². The summed E-state index contributed by atoms with van der Waals surface area (Å²) in [6, 6.07) is 9.60. The number of carbonyl (C=O) groups is 1. The summed E-state index contributed by atoms with van der Waals surface area (Å²) in [6.07, 6.45) is 2.18. The van der Waals surface area contributed by atoms with Crippen LogP contribution >= 0.6 is 22.9 Å². The van der Waals surface area contributed by atoms with Gasteiger partial charge in [0.2, 0.25) is 0 Å². The van der Waals surface area contributed by atoms with Crippen LogP contribution in [0.2, 0.25) is 5.02 Å². The first-order valence-corrected chi connectivity index (χ1v) is 9.77. The molecule has 1 aliphatic rings. The van der Waals surface area contributed by atoms with Gasteiger partial charge < -0.3 is 4.90 Å². The molecule has 2 aromatic heterocycles. The van der Waals surface area contributed by atoms with Crippen LogP contribution in [0.25, 0.3) is 15.9 Å². The molecule has 0 atom stereocenters. The number of likely N-dealkylation sites (tertiary alicyclic amines) is 1. The van der Waals surface area contributed by atoms with Gasteiger partial charge in [0.05, 0.1) is 16.3 Å². The molecule has 1 saturated heterocycles. The molecule has 0 unspecified atom stereocenters. The number of rotatable bonds is 2. The molecule has 0 aliphatic carbocycles. The molecule has 0 radical (unpaired) electrons. The molecule has 1 aromatic carbocycles. The minimum Gasteiger partial charge on any atom is -0.338 e. The number of amides is 1. The minimum absolute atomic E-state index is 0.148. The number of fused-ring (bicyclic) bond motifs is 1. The van der Waals surface area contributed by atoms with E-state index >= 15 is 0 Å². The average molecular weight is 374 g/mol. The fourth-order valence-electron chi connectivity index (χ4n) is 3.28. The summed E-state index contributed by atoms with van der Waals surface area (Å²) in [5, 5.41) is 6.38. The van der Waals surface area contributed by atoms with E-state index in [1.807, 2.05) is 46.8 Å². The van der Waals surface area contributed by atoms with Crippen molar-refractivity contribution in [3.63, 3.8) is 0 Å². The van der Waals surface area contributed by atoms with Crippen LogP contribution in [0.3, 0.4) is 0 Å². The van der Waals surface area contributed by atoms with Crippen molar-refractivity contribution < 1.29 is 4.79 Å². The highest BCUT2D eigenvalue weighted by Gasteiger charge is 2.24. The van der Waals surface area contributed by atoms with Gasteiger partial charge in [0, 0.05) is 23.5 Å². The van der Waals surface area contributed by atoms with Gasteiger partial charge in [0.25, 0.3) is 5.91 Å². The number of carbonyl (C=O) groups excluding carboxylic acids is 1. The zero-order chi connectivity index (χ0) is 17.6. The van der Waals surface area contributed by atoms with Gasteiger partial charge in [-0.3, -0.25) is 4.79 Å². The van der Waals surface area contributed by atoms with Gasteiger partial charge in [0.1, 0.15) is 4.83 Å². The van der Waals surface area contributed by atoms with Gasteiger partial charge in [-0.1, -0.05) is 18.5 Å². The fourth-order valence-corrected chi connectivity index (χ4v) is 4.55. The monoisotopic (exact) mass is 373 g/mol. The van der Waals surface area contributed by atoms with Gasteiger partial charge in [-0.15, -0.1) is 11.3 Å². The normalized spacial score (nSPS) is 15.9. The van der Waals surface area contributed by atoms with Crippen LogP contribution in [0.4, 0.5) is 0 Å². The fraction of sp³-hybridized carbons (Fsp3) is 0.368. The molecule has 1 fully saturated rings. The van der Waals surface area contributed by atoms with E-state index in [0.29, 0.717) is 10.9 Å². The summed E-state index contributed by atoms with van der Waals surface area (Å²) in [5.74, 6) is 0.863. The number of hydrogen-bond acceptors (Lipinski definition) is 3. The van der Waals surface area contributed by atoms with Gasteiger partial charge >= 0.3 is 0 Å². The highest BCUT2D eigenvalue weighted by atomic mass is 35.5. The van der Waals surface area contributed by atoms with Crippen molar-refractivity contribution in [3.05, 3.63) is 45.9 Å². The molecule has 0 saturated carbocycles. The molecule has 0 spiro atoms. The Bertz CT molecular complexity index is 920. The Balaban J connectivity index is 1.69. The number of halogens is 1. The maximum absolute atomic E-state index is 12.9. The highest BCUT2D eigenvalue weighted by Crippen LogP contribution is 2.32. The van der Waals surface area contributed by atoms with Crippen molar-refractivity contribution in [1.82, 2.24) is 14.7 Å². The Morgan fingerprint density at radius 1 is 1.24 bits per heavy atom. The number of aromatic nitrogens is 2.